The molecule has 0 fully saturated rings. The first-order chi connectivity index (χ1) is 10.8. The number of nitrogens with one attached hydrogen (secondary N) is 1. The first kappa shape index (κ1) is 14.5. The third kappa shape index (κ3) is 3.60. The minimum Gasteiger partial charge on any atom is -0.305 e. The molecular formula is C20H20N2. The molecule has 22 heavy (non-hydrogen) atoms. The van der Waals surface area contributed by atoms with Gasteiger partial charge in [-0.2, -0.15) is 0 Å². The number of rotatable bonds is 5. The van der Waals surface area contributed by atoms with Gasteiger partial charge in [0.2, 0.25) is 0 Å². The number of nitrogens with zero attached hydrogens (tertiary/aromatic N) is 1. The molecule has 0 aliphatic heterocycles. The van der Waals surface area contributed by atoms with Crippen LogP contribution in [0.5, 0.6) is 0 Å². The van der Waals surface area contributed by atoms with Crippen molar-refractivity contribution in [2.24, 2.45) is 0 Å². The SMILES string of the molecule is C[C@@H](NCc1ccccn1)c1ccc(-c2ccccc2)cc1. The Kier molecular flexibility index (Phi) is 4.62. The van der Waals surface area contributed by atoms with Crippen LogP contribution < -0.4 is 5.32 Å². The molecule has 0 unspecified atom stereocenters. The Bertz CT molecular complexity index is 691. The number of benzene rings is 2. The summed E-state index contributed by atoms with van der Waals surface area (Å²) in [5.41, 5.74) is 4.86. The van der Waals surface area contributed by atoms with Gasteiger partial charge in [0, 0.05) is 18.8 Å². The van der Waals surface area contributed by atoms with Crippen LogP contribution in [0.15, 0.2) is 79.0 Å². The predicted molar refractivity (Wildman–Crippen MR) is 91.4 cm³/mol. The van der Waals surface area contributed by atoms with E-state index in [-0.39, 0.29) is 0 Å². The summed E-state index contributed by atoms with van der Waals surface area (Å²) in [7, 11) is 0. The molecule has 1 heterocycles. The van der Waals surface area contributed by atoms with Gasteiger partial charge in [-0.3, -0.25) is 4.98 Å². The lowest BCUT2D eigenvalue weighted by molar-refractivity contribution is 0.568. The molecule has 0 saturated heterocycles. The minimum absolute atomic E-state index is 0.298. The quantitative estimate of drug-likeness (QED) is 0.742. The van der Waals surface area contributed by atoms with E-state index in [1.165, 1.54) is 16.7 Å². The van der Waals surface area contributed by atoms with E-state index < -0.39 is 0 Å². The van der Waals surface area contributed by atoms with Crippen molar-refractivity contribution in [3.63, 3.8) is 0 Å². The second kappa shape index (κ2) is 7.01. The van der Waals surface area contributed by atoms with Gasteiger partial charge in [0.05, 0.1) is 5.69 Å². The van der Waals surface area contributed by atoms with Crippen LogP contribution in [0.25, 0.3) is 11.1 Å². The van der Waals surface area contributed by atoms with Gasteiger partial charge in [0.25, 0.3) is 0 Å². The highest BCUT2D eigenvalue weighted by Gasteiger charge is 2.05. The van der Waals surface area contributed by atoms with Crippen LogP contribution >= 0.6 is 0 Å². The molecule has 0 radical (unpaired) electrons. The summed E-state index contributed by atoms with van der Waals surface area (Å²) in [4.78, 5) is 4.34. The molecule has 1 atom stereocenters. The molecular weight excluding hydrogens is 268 g/mol. The average Bonchev–Trinajstić information content (AvgIpc) is 2.61. The van der Waals surface area contributed by atoms with Gasteiger partial charge in [-0.1, -0.05) is 60.7 Å². The Labute approximate surface area is 131 Å². The molecule has 0 aliphatic rings. The molecule has 3 aromatic rings. The number of aromatic nitrogens is 1. The molecule has 0 spiro atoms. The molecule has 110 valence electrons. The van der Waals surface area contributed by atoms with Crippen molar-refractivity contribution in [1.29, 1.82) is 0 Å². The van der Waals surface area contributed by atoms with Crippen molar-refractivity contribution in [2.75, 3.05) is 0 Å². The summed E-state index contributed by atoms with van der Waals surface area (Å²) in [6.45, 7) is 2.96. The van der Waals surface area contributed by atoms with Crippen molar-refractivity contribution in [3.8, 4) is 11.1 Å². The largest absolute Gasteiger partial charge is 0.305 e. The summed E-state index contributed by atoms with van der Waals surface area (Å²) in [6.07, 6.45) is 1.83. The van der Waals surface area contributed by atoms with E-state index >= 15 is 0 Å². The second-order valence-corrected chi connectivity index (χ2v) is 5.41. The highest BCUT2D eigenvalue weighted by Crippen LogP contribution is 2.21. The monoisotopic (exact) mass is 288 g/mol. The fourth-order valence-corrected chi connectivity index (χ4v) is 2.47. The third-order valence-corrected chi connectivity index (χ3v) is 3.83. The Morgan fingerprint density at radius 1 is 0.818 bits per heavy atom. The Balaban J connectivity index is 1.65. The van der Waals surface area contributed by atoms with Gasteiger partial charge in [-0.25, -0.2) is 0 Å². The molecule has 1 N–H and O–H groups in total. The summed E-state index contributed by atoms with van der Waals surface area (Å²) in [6, 6.07) is 25.5. The summed E-state index contributed by atoms with van der Waals surface area (Å²) in [5, 5.41) is 3.51. The zero-order valence-electron chi connectivity index (χ0n) is 12.7. The summed E-state index contributed by atoms with van der Waals surface area (Å²) in [5.74, 6) is 0. The van der Waals surface area contributed by atoms with Gasteiger partial charge in [-0.15, -0.1) is 0 Å². The normalized spacial score (nSPS) is 12.0. The molecule has 0 bridgehead atoms. The summed E-state index contributed by atoms with van der Waals surface area (Å²) >= 11 is 0. The Morgan fingerprint density at radius 3 is 2.18 bits per heavy atom. The third-order valence-electron chi connectivity index (χ3n) is 3.83. The number of pyridine rings is 1. The Hall–Kier alpha value is -2.45. The lowest BCUT2D eigenvalue weighted by Crippen LogP contribution is -2.18. The number of hydrogen-bond donors (Lipinski definition) is 1. The molecule has 0 aliphatic carbocycles. The van der Waals surface area contributed by atoms with E-state index in [2.05, 4.69) is 65.8 Å². The van der Waals surface area contributed by atoms with Crippen molar-refractivity contribution >= 4 is 0 Å². The van der Waals surface area contributed by atoms with E-state index in [0.717, 1.165) is 12.2 Å². The smallest absolute Gasteiger partial charge is 0.0541 e. The van der Waals surface area contributed by atoms with Crippen LogP contribution in [0.1, 0.15) is 24.2 Å². The van der Waals surface area contributed by atoms with Crippen LogP contribution in [0.3, 0.4) is 0 Å². The highest BCUT2D eigenvalue weighted by molar-refractivity contribution is 5.63. The zero-order valence-corrected chi connectivity index (χ0v) is 12.7. The first-order valence-electron chi connectivity index (χ1n) is 7.61. The van der Waals surface area contributed by atoms with Crippen molar-refractivity contribution in [2.45, 2.75) is 19.5 Å². The molecule has 0 amide bonds. The molecule has 3 rings (SSSR count). The standard InChI is InChI=1S/C20H20N2/c1-16(22-15-20-9-5-6-14-21-20)17-10-12-19(13-11-17)18-7-3-2-4-8-18/h2-14,16,22H,15H2,1H3/t16-/m1/s1. The van der Waals surface area contributed by atoms with Crippen LogP contribution in [0.4, 0.5) is 0 Å². The van der Waals surface area contributed by atoms with E-state index in [1.807, 2.05) is 30.5 Å². The van der Waals surface area contributed by atoms with Gasteiger partial charge >= 0.3 is 0 Å². The molecule has 2 nitrogen and oxygen atoms in total. The van der Waals surface area contributed by atoms with Gasteiger partial charge in [-0.05, 0) is 35.7 Å². The van der Waals surface area contributed by atoms with Crippen molar-refractivity contribution in [1.82, 2.24) is 10.3 Å². The fraction of sp³-hybridized carbons (Fsp3) is 0.150. The van der Waals surface area contributed by atoms with Gasteiger partial charge in [0.1, 0.15) is 0 Å². The predicted octanol–water partition coefficient (Wildman–Crippen LogP) is 4.60. The highest BCUT2D eigenvalue weighted by atomic mass is 14.9. The fourth-order valence-electron chi connectivity index (χ4n) is 2.47. The number of hydrogen-bond acceptors (Lipinski definition) is 2. The van der Waals surface area contributed by atoms with Crippen molar-refractivity contribution < 1.29 is 0 Å². The van der Waals surface area contributed by atoms with E-state index in [1.54, 1.807) is 0 Å². The average molecular weight is 288 g/mol. The maximum atomic E-state index is 4.34. The van der Waals surface area contributed by atoms with Crippen molar-refractivity contribution in [3.05, 3.63) is 90.3 Å². The minimum atomic E-state index is 0.298. The molecule has 2 heteroatoms. The van der Waals surface area contributed by atoms with E-state index in [0.29, 0.717) is 6.04 Å². The molecule has 2 aromatic carbocycles. The second-order valence-electron chi connectivity index (χ2n) is 5.41. The van der Waals surface area contributed by atoms with Gasteiger partial charge in [0.15, 0.2) is 0 Å². The first-order valence-corrected chi connectivity index (χ1v) is 7.61. The molecule has 0 saturated carbocycles. The molecule has 1 aromatic heterocycles. The van der Waals surface area contributed by atoms with Crippen LogP contribution in [0.2, 0.25) is 0 Å². The lowest BCUT2D eigenvalue weighted by atomic mass is 10.0. The van der Waals surface area contributed by atoms with Crippen LogP contribution in [-0.2, 0) is 6.54 Å². The van der Waals surface area contributed by atoms with E-state index in [4.69, 9.17) is 0 Å². The zero-order chi connectivity index (χ0) is 15.2. The lowest BCUT2D eigenvalue weighted by Gasteiger charge is -2.14. The summed E-state index contributed by atoms with van der Waals surface area (Å²) < 4.78 is 0. The van der Waals surface area contributed by atoms with Gasteiger partial charge < -0.3 is 5.32 Å². The van der Waals surface area contributed by atoms with Crippen LogP contribution in [-0.4, -0.2) is 4.98 Å². The maximum Gasteiger partial charge on any atom is 0.0541 e. The Morgan fingerprint density at radius 2 is 1.50 bits per heavy atom. The van der Waals surface area contributed by atoms with Crippen LogP contribution in [0, 0.1) is 0 Å². The maximum absolute atomic E-state index is 4.34. The topological polar surface area (TPSA) is 24.9 Å². The van der Waals surface area contributed by atoms with E-state index in [9.17, 15) is 0 Å².